The standard InChI is InChI=1S/C23H17N3O8/c24-18(21(28)26-32)11-13-1-10-19(33-22(29)15-4-8-17(27)9-5-15)20(12-13)34-23(30)14-2-6-16(25-31)7-3-14/h1-10,12,18,27H,11,24H2/t18-/m0/s1. The van der Waals surface area contributed by atoms with Crippen LogP contribution >= 0.6 is 0 Å². The van der Waals surface area contributed by atoms with Crippen LogP contribution in [0.15, 0.2) is 77.1 Å². The number of amides is 1. The summed E-state index contributed by atoms with van der Waals surface area (Å²) in [5.74, 6) is -2.98. The lowest BCUT2D eigenvalue weighted by Gasteiger charge is -2.13. The van der Waals surface area contributed by atoms with Gasteiger partial charge >= 0.3 is 17.8 Å². The molecule has 172 valence electrons. The molecule has 0 aromatic heterocycles. The van der Waals surface area contributed by atoms with Crippen LogP contribution < -0.4 is 15.2 Å². The molecule has 0 spiro atoms. The minimum Gasteiger partial charge on any atom is -0.508 e. The highest BCUT2D eigenvalue weighted by atomic mass is 16.6. The predicted molar refractivity (Wildman–Crippen MR) is 119 cm³/mol. The Balaban J connectivity index is 1.89. The Morgan fingerprint density at radius 2 is 1.38 bits per heavy atom. The number of carbonyl (C=O) groups is 3. The number of ether oxygens (including phenoxy) is 2. The second-order valence-corrected chi connectivity index (χ2v) is 6.99. The SMILES string of the molecule is N[C@@H](Cc1ccc(OC(=O)c2ccc(O)cc2)c(OC(=O)c2ccc(N=O)cc2)c1)C(=O)N=O. The molecule has 0 aliphatic heterocycles. The zero-order valence-electron chi connectivity index (χ0n) is 17.4. The molecule has 0 saturated heterocycles. The Bertz CT molecular complexity index is 1240. The molecule has 1 amide bonds. The molecule has 0 radical (unpaired) electrons. The van der Waals surface area contributed by atoms with Crippen LogP contribution in [0, 0.1) is 9.81 Å². The van der Waals surface area contributed by atoms with Gasteiger partial charge in [0.2, 0.25) is 0 Å². The number of benzene rings is 3. The maximum atomic E-state index is 12.6. The molecule has 0 unspecified atom stereocenters. The van der Waals surface area contributed by atoms with Crippen LogP contribution in [0.4, 0.5) is 5.69 Å². The molecule has 0 aliphatic carbocycles. The van der Waals surface area contributed by atoms with E-state index >= 15 is 0 Å². The van der Waals surface area contributed by atoms with Gasteiger partial charge in [0.15, 0.2) is 11.5 Å². The molecule has 3 rings (SSSR count). The molecular formula is C23H17N3O8. The van der Waals surface area contributed by atoms with Gasteiger partial charge in [-0.2, -0.15) is 0 Å². The van der Waals surface area contributed by atoms with Gasteiger partial charge in [-0.1, -0.05) is 6.07 Å². The first-order valence-corrected chi connectivity index (χ1v) is 9.73. The Morgan fingerprint density at radius 3 is 1.94 bits per heavy atom. The fourth-order valence-corrected chi connectivity index (χ4v) is 2.83. The van der Waals surface area contributed by atoms with Crippen LogP contribution in [0.3, 0.4) is 0 Å². The number of nitroso groups, excluding NO2 is 2. The second-order valence-electron chi connectivity index (χ2n) is 6.99. The Labute approximate surface area is 192 Å². The molecule has 11 heteroatoms. The molecule has 3 aromatic carbocycles. The lowest BCUT2D eigenvalue weighted by Crippen LogP contribution is -2.31. The maximum absolute atomic E-state index is 12.6. The quantitative estimate of drug-likeness (QED) is 0.288. The van der Waals surface area contributed by atoms with Crippen molar-refractivity contribution in [2.45, 2.75) is 12.5 Å². The van der Waals surface area contributed by atoms with Crippen molar-refractivity contribution >= 4 is 23.5 Å². The molecule has 0 fully saturated rings. The third-order valence-electron chi connectivity index (χ3n) is 4.59. The number of nitrogens with zero attached hydrogens (tertiary/aromatic N) is 2. The summed E-state index contributed by atoms with van der Waals surface area (Å²) in [6.45, 7) is 0. The largest absolute Gasteiger partial charge is 0.508 e. The summed E-state index contributed by atoms with van der Waals surface area (Å²) in [6, 6.07) is 13.5. The van der Waals surface area contributed by atoms with E-state index in [0.717, 1.165) is 0 Å². The van der Waals surface area contributed by atoms with Crippen molar-refractivity contribution in [2.75, 3.05) is 0 Å². The number of hydrogen-bond donors (Lipinski definition) is 2. The average Bonchev–Trinajstić information content (AvgIpc) is 2.85. The van der Waals surface area contributed by atoms with E-state index in [2.05, 4.69) is 10.4 Å². The Morgan fingerprint density at radius 1 is 0.824 bits per heavy atom. The van der Waals surface area contributed by atoms with E-state index in [1.54, 1.807) is 0 Å². The highest BCUT2D eigenvalue weighted by Crippen LogP contribution is 2.31. The second kappa shape index (κ2) is 10.7. The Hall–Kier alpha value is -4.77. The summed E-state index contributed by atoms with van der Waals surface area (Å²) in [7, 11) is 0. The van der Waals surface area contributed by atoms with Gasteiger partial charge in [-0.3, -0.25) is 4.79 Å². The molecule has 0 aliphatic rings. The van der Waals surface area contributed by atoms with Crippen molar-refractivity contribution in [1.29, 1.82) is 0 Å². The lowest BCUT2D eigenvalue weighted by molar-refractivity contribution is -0.119. The molecule has 34 heavy (non-hydrogen) atoms. The van der Waals surface area contributed by atoms with E-state index in [1.807, 2.05) is 0 Å². The molecule has 3 aromatic rings. The van der Waals surface area contributed by atoms with E-state index in [1.165, 1.54) is 66.7 Å². The van der Waals surface area contributed by atoms with Crippen LogP contribution in [0.1, 0.15) is 26.3 Å². The third kappa shape index (κ3) is 5.93. The van der Waals surface area contributed by atoms with Crippen LogP contribution in [0.5, 0.6) is 17.2 Å². The minimum absolute atomic E-state index is 0.0398. The number of nitrogens with two attached hydrogens (primary N) is 1. The fraction of sp³-hybridized carbons (Fsp3) is 0.0870. The van der Waals surface area contributed by atoms with Gasteiger partial charge in [-0.25, -0.2) is 9.59 Å². The monoisotopic (exact) mass is 463 g/mol. The van der Waals surface area contributed by atoms with Gasteiger partial charge < -0.3 is 20.3 Å². The molecule has 0 heterocycles. The summed E-state index contributed by atoms with van der Waals surface area (Å²) < 4.78 is 10.7. The smallest absolute Gasteiger partial charge is 0.343 e. The van der Waals surface area contributed by atoms with E-state index in [9.17, 15) is 29.3 Å². The van der Waals surface area contributed by atoms with Crippen LogP contribution in [0.25, 0.3) is 0 Å². The van der Waals surface area contributed by atoms with Crippen molar-refractivity contribution in [3.8, 4) is 17.2 Å². The number of carbonyl (C=O) groups excluding carboxylic acids is 3. The number of phenolic OH excluding ortho intramolecular Hbond substituents is 1. The highest BCUT2D eigenvalue weighted by Gasteiger charge is 2.20. The maximum Gasteiger partial charge on any atom is 0.343 e. The van der Waals surface area contributed by atoms with E-state index in [-0.39, 0.29) is 40.5 Å². The molecule has 0 bridgehead atoms. The summed E-state index contributed by atoms with van der Waals surface area (Å²) >= 11 is 0. The van der Waals surface area contributed by atoms with Crippen LogP contribution in [-0.4, -0.2) is 29.0 Å². The van der Waals surface area contributed by atoms with Gasteiger partial charge in [-0.05, 0) is 77.8 Å². The lowest BCUT2D eigenvalue weighted by atomic mass is 10.1. The zero-order chi connectivity index (χ0) is 24.7. The Kier molecular flexibility index (Phi) is 7.52. The fourth-order valence-electron chi connectivity index (χ4n) is 2.83. The van der Waals surface area contributed by atoms with Gasteiger partial charge in [-0.15, -0.1) is 9.81 Å². The van der Waals surface area contributed by atoms with Crippen LogP contribution in [-0.2, 0) is 11.2 Å². The highest BCUT2D eigenvalue weighted by molar-refractivity contribution is 5.93. The minimum atomic E-state index is -1.21. The van der Waals surface area contributed by atoms with Crippen molar-refractivity contribution in [1.82, 2.24) is 0 Å². The number of aromatic hydroxyl groups is 1. The van der Waals surface area contributed by atoms with E-state index < -0.39 is 23.9 Å². The number of phenols is 1. The summed E-state index contributed by atoms with van der Waals surface area (Å²) in [6.07, 6.45) is -0.0962. The van der Waals surface area contributed by atoms with Gasteiger partial charge in [0, 0.05) is 5.18 Å². The van der Waals surface area contributed by atoms with Crippen molar-refractivity contribution in [3.05, 3.63) is 93.2 Å². The average molecular weight is 463 g/mol. The molecule has 3 N–H and O–H groups in total. The van der Waals surface area contributed by atoms with Crippen molar-refractivity contribution in [3.63, 3.8) is 0 Å². The van der Waals surface area contributed by atoms with Crippen LogP contribution in [0.2, 0.25) is 0 Å². The van der Waals surface area contributed by atoms with Crippen molar-refractivity contribution < 1.29 is 29.0 Å². The van der Waals surface area contributed by atoms with Gasteiger partial charge in [0.05, 0.1) is 17.2 Å². The normalized spacial score (nSPS) is 11.2. The van der Waals surface area contributed by atoms with E-state index in [0.29, 0.717) is 5.56 Å². The molecule has 1 atom stereocenters. The molecular weight excluding hydrogens is 446 g/mol. The first-order valence-electron chi connectivity index (χ1n) is 9.73. The number of esters is 2. The summed E-state index contributed by atoms with van der Waals surface area (Å²) in [5, 5.41) is 14.4. The van der Waals surface area contributed by atoms with Gasteiger partial charge in [0.1, 0.15) is 11.4 Å². The van der Waals surface area contributed by atoms with Crippen molar-refractivity contribution in [2.24, 2.45) is 16.1 Å². The van der Waals surface area contributed by atoms with Gasteiger partial charge in [0.25, 0.3) is 0 Å². The summed E-state index contributed by atoms with van der Waals surface area (Å²) in [5.41, 5.74) is 6.38. The third-order valence-corrected chi connectivity index (χ3v) is 4.59. The molecule has 0 saturated carbocycles. The number of hydrogen-bond acceptors (Lipinski definition) is 10. The van der Waals surface area contributed by atoms with E-state index in [4.69, 9.17) is 15.2 Å². The topological polar surface area (TPSA) is 175 Å². The zero-order valence-corrected chi connectivity index (χ0v) is 17.4. The summed E-state index contributed by atoms with van der Waals surface area (Å²) in [4.78, 5) is 57.5. The first kappa shape index (κ1) is 23.9. The predicted octanol–water partition coefficient (Wildman–Crippen LogP) is 3.39. The first-order chi connectivity index (χ1) is 16.3. The number of rotatable bonds is 8. The molecule has 11 nitrogen and oxygen atoms in total.